The van der Waals surface area contributed by atoms with Gasteiger partial charge in [0.2, 0.25) is 5.91 Å². The number of amides is 1. The van der Waals surface area contributed by atoms with Crippen molar-refractivity contribution >= 4 is 5.91 Å². The van der Waals surface area contributed by atoms with Crippen molar-refractivity contribution in [2.24, 2.45) is 23.3 Å². The van der Waals surface area contributed by atoms with Gasteiger partial charge in [0.1, 0.15) is 6.04 Å². The molecule has 4 N–H and O–H groups in total. The number of hydrogen-bond acceptors (Lipinski definition) is 3. The second-order valence-electron chi connectivity index (χ2n) is 5.09. The Hall–Kier alpha value is -1.36. The molecule has 96 valence electrons. The lowest BCUT2D eigenvalue weighted by Gasteiger charge is -2.25. The van der Waals surface area contributed by atoms with Gasteiger partial charge in [-0.2, -0.15) is 0 Å². The first-order valence-corrected chi connectivity index (χ1v) is 5.92. The quantitative estimate of drug-likeness (QED) is 0.808. The summed E-state index contributed by atoms with van der Waals surface area (Å²) in [5.74, 6) is 0.0427. The topological polar surface area (TPSA) is 86.9 Å². The minimum absolute atomic E-state index is 0.111. The highest BCUT2D eigenvalue weighted by molar-refractivity contribution is 5.78. The van der Waals surface area contributed by atoms with Crippen LogP contribution in [0.15, 0.2) is 12.5 Å². The van der Waals surface area contributed by atoms with Gasteiger partial charge < -0.3 is 16.0 Å². The summed E-state index contributed by atoms with van der Waals surface area (Å²) < 4.78 is 1.80. The summed E-state index contributed by atoms with van der Waals surface area (Å²) in [6.45, 7) is 7.99. The lowest BCUT2D eigenvalue weighted by atomic mass is 9.99. The number of nitrogens with two attached hydrogens (primary N) is 2. The van der Waals surface area contributed by atoms with Gasteiger partial charge in [0.05, 0.1) is 12.0 Å². The van der Waals surface area contributed by atoms with Gasteiger partial charge in [-0.05, 0) is 11.8 Å². The van der Waals surface area contributed by atoms with Crippen LogP contribution in [0, 0.1) is 11.8 Å². The fourth-order valence-corrected chi connectivity index (χ4v) is 1.93. The van der Waals surface area contributed by atoms with E-state index in [1.165, 1.54) is 0 Å². The average Bonchev–Trinajstić information content (AvgIpc) is 2.64. The number of rotatable bonds is 5. The summed E-state index contributed by atoms with van der Waals surface area (Å²) in [7, 11) is 0. The highest BCUT2D eigenvalue weighted by Gasteiger charge is 2.26. The Morgan fingerprint density at radius 3 is 2.29 bits per heavy atom. The van der Waals surface area contributed by atoms with Gasteiger partial charge in [0, 0.05) is 12.2 Å². The Kier molecular flexibility index (Phi) is 4.28. The summed E-state index contributed by atoms with van der Waals surface area (Å²) >= 11 is 0. The lowest BCUT2D eigenvalue weighted by molar-refractivity contribution is -0.122. The molecule has 0 aliphatic carbocycles. The van der Waals surface area contributed by atoms with Gasteiger partial charge in [-0.15, -0.1) is 0 Å². The molecule has 5 nitrogen and oxygen atoms in total. The minimum atomic E-state index is -0.391. The molecular weight excluding hydrogens is 216 g/mol. The van der Waals surface area contributed by atoms with Crippen molar-refractivity contribution in [1.82, 2.24) is 9.55 Å². The van der Waals surface area contributed by atoms with E-state index in [0.29, 0.717) is 0 Å². The average molecular weight is 238 g/mol. The van der Waals surface area contributed by atoms with E-state index in [1.807, 2.05) is 27.7 Å². The fraction of sp³-hybridized carbons (Fsp3) is 0.667. The van der Waals surface area contributed by atoms with Crippen molar-refractivity contribution in [2.75, 3.05) is 0 Å². The van der Waals surface area contributed by atoms with E-state index in [9.17, 15) is 4.79 Å². The molecule has 1 heterocycles. The zero-order valence-corrected chi connectivity index (χ0v) is 10.9. The third-order valence-corrected chi connectivity index (χ3v) is 2.98. The van der Waals surface area contributed by atoms with Crippen LogP contribution in [0.4, 0.5) is 0 Å². The Morgan fingerprint density at radius 1 is 1.29 bits per heavy atom. The number of hydrogen-bond donors (Lipinski definition) is 2. The minimum Gasteiger partial charge on any atom is -0.368 e. The molecule has 2 atom stereocenters. The van der Waals surface area contributed by atoms with Crippen LogP contribution in [0.1, 0.15) is 45.5 Å². The van der Waals surface area contributed by atoms with E-state index in [0.717, 1.165) is 5.69 Å². The van der Waals surface area contributed by atoms with Gasteiger partial charge >= 0.3 is 0 Å². The highest BCUT2D eigenvalue weighted by atomic mass is 16.1. The Morgan fingerprint density at radius 2 is 1.88 bits per heavy atom. The molecule has 17 heavy (non-hydrogen) atoms. The zero-order chi connectivity index (χ0) is 13.2. The summed E-state index contributed by atoms with van der Waals surface area (Å²) in [4.78, 5) is 15.6. The van der Waals surface area contributed by atoms with E-state index in [-0.39, 0.29) is 23.8 Å². The molecule has 0 aliphatic heterocycles. The summed E-state index contributed by atoms with van der Waals surface area (Å²) in [5.41, 5.74) is 12.4. The number of carbonyl (C=O) groups is 1. The SMILES string of the molecule is CC(C)C(N)c1cncn1C(C(N)=O)C(C)C. The van der Waals surface area contributed by atoms with Crippen molar-refractivity contribution in [3.05, 3.63) is 18.2 Å². The fourth-order valence-electron chi connectivity index (χ4n) is 1.93. The van der Waals surface area contributed by atoms with Gasteiger partial charge in [0.25, 0.3) is 0 Å². The highest BCUT2D eigenvalue weighted by Crippen LogP contribution is 2.25. The van der Waals surface area contributed by atoms with Crippen LogP contribution >= 0.6 is 0 Å². The lowest BCUT2D eigenvalue weighted by Crippen LogP contribution is -2.33. The standard InChI is InChI=1S/C12H22N4O/c1-7(2)10(13)9-5-15-6-16(9)11(8(3)4)12(14)17/h5-8,10-11H,13H2,1-4H3,(H2,14,17). The molecule has 0 fully saturated rings. The maximum atomic E-state index is 11.5. The van der Waals surface area contributed by atoms with Crippen LogP contribution in [0.3, 0.4) is 0 Å². The van der Waals surface area contributed by atoms with Crippen molar-refractivity contribution < 1.29 is 4.79 Å². The molecule has 0 aliphatic rings. The van der Waals surface area contributed by atoms with Crippen LogP contribution in [0.2, 0.25) is 0 Å². The van der Waals surface area contributed by atoms with Gasteiger partial charge in [0.15, 0.2) is 0 Å². The molecule has 0 spiro atoms. The molecule has 2 unspecified atom stereocenters. The summed E-state index contributed by atoms with van der Waals surface area (Å²) in [6.07, 6.45) is 3.34. The molecule has 1 amide bonds. The van der Waals surface area contributed by atoms with E-state index in [1.54, 1.807) is 17.1 Å². The van der Waals surface area contributed by atoms with Crippen LogP contribution in [0.5, 0.6) is 0 Å². The van der Waals surface area contributed by atoms with Gasteiger partial charge in [-0.25, -0.2) is 4.98 Å². The number of aromatic nitrogens is 2. The van der Waals surface area contributed by atoms with Crippen molar-refractivity contribution in [3.63, 3.8) is 0 Å². The predicted molar refractivity (Wildman–Crippen MR) is 67.1 cm³/mol. The van der Waals surface area contributed by atoms with E-state index >= 15 is 0 Å². The molecule has 0 saturated carbocycles. The normalized spacial score (nSPS) is 15.2. The van der Waals surface area contributed by atoms with Crippen LogP contribution < -0.4 is 11.5 Å². The van der Waals surface area contributed by atoms with Gasteiger partial charge in [-0.3, -0.25) is 4.79 Å². The monoisotopic (exact) mass is 238 g/mol. The maximum Gasteiger partial charge on any atom is 0.240 e. The number of carbonyl (C=O) groups excluding carboxylic acids is 1. The summed E-state index contributed by atoms with van der Waals surface area (Å²) in [6, 6.07) is -0.532. The molecule has 0 saturated heterocycles. The summed E-state index contributed by atoms with van der Waals surface area (Å²) in [5, 5.41) is 0. The second-order valence-corrected chi connectivity index (χ2v) is 5.09. The van der Waals surface area contributed by atoms with E-state index < -0.39 is 6.04 Å². The first-order chi connectivity index (χ1) is 7.86. The van der Waals surface area contributed by atoms with Crippen LogP contribution in [-0.4, -0.2) is 15.5 Å². The molecular formula is C12H22N4O. The molecule has 1 rings (SSSR count). The maximum absolute atomic E-state index is 11.5. The Balaban J connectivity index is 3.13. The molecule has 0 aromatic carbocycles. The second kappa shape index (κ2) is 5.31. The number of imidazole rings is 1. The van der Waals surface area contributed by atoms with Crippen molar-refractivity contribution in [3.8, 4) is 0 Å². The Labute approximate surface area is 102 Å². The molecule has 0 radical (unpaired) electrons. The van der Waals surface area contributed by atoms with Gasteiger partial charge in [-0.1, -0.05) is 27.7 Å². The number of nitrogens with zero attached hydrogens (tertiary/aromatic N) is 2. The van der Waals surface area contributed by atoms with E-state index in [4.69, 9.17) is 11.5 Å². The molecule has 0 bridgehead atoms. The van der Waals surface area contributed by atoms with Crippen LogP contribution in [-0.2, 0) is 4.79 Å². The van der Waals surface area contributed by atoms with Crippen molar-refractivity contribution in [2.45, 2.75) is 39.8 Å². The zero-order valence-electron chi connectivity index (χ0n) is 10.9. The predicted octanol–water partition coefficient (Wildman–Crippen LogP) is 1.22. The Bertz CT molecular complexity index is 384. The first kappa shape index (κ1) is 13.7. The van der Waals surface area contributed by atoms with Crippen LogP contribution in [0.25, 0.3) is 0 Å². The number of primary amides is 1. The van der Waals surface area contributed by atoms with E-state index in [2.05, 4.69) is 4.98 Å². The molecule has 1 aromatic heterocycles. The molecule has 5 heteroatoms. The first-order valence-electron chi connectivity index (χ1n) is 5.92. The largest absolute Gasteiger partial charge is 0.368 e. The molecule has 1 aromatic rings. The van der Waals surface area contributed by atoms with Crippen molar-refractivity contribution in [1.29, 1.82) is 0 Å². The smallest absolute Gasteiger partial charge is 0.240 e. The third-order valence-electron chi connectivity index (χ3n) is 2.98. The third kappa shape index (κ3) is 2.85.